The van der Waals surface area contributed by atoms with Crippen molar-refractivity contribution in [1.29, 1.82) is 0 Å². The van der Waals surface area contributed by atoms with Crippen molar-refractivity contribution >= 4 is 11.9 Å². The van der Waals surface area contributed by atoms with Crippen molar-refractivity contribution < 1.29 is 14.7 Å². The molecule has 0 radical (unpaired) electrons. The van der Waals surface area contributed by atoms with Gasteiger partial charge in [0.05, 0.1) is 0 Å². The van der Waals surface area contributed by atoms with E-state index in [9.17, 15) is 14.7 Å². The van der Waals surface area contributed by atoms with Crippen LogP contribution in [-0.2, 0) is 9.59 Å². The van der Waals surface area contributed by atoms with Crippen LogP contribution in [0, 0.1) is 0 Å². The number of hydrogen-bond acceptors (Lipinski definition) is 3. The molecule has 0 aliphatic rings. The Morgan fingerprint density at radius 3 is 1.96 bits per heavy atom. The summed E-state index contributed by atoms with van der Waals surface area (Å²) in [5.74, 6) is -1.22. The standard InChI is InChI=1S/C19H38N2O3/c1-4-7-10-11-16-21(15-9-6-3)19(18(23)24,13-8-5-2)14-12-17(20)22/h4-16H2,1-3H3,(H2,20,22)(H,23,24)/t19-/m0/s1. The summed E-state index contributed by atoms with van der Waals surface area (Å²) in [5.41, 5.74) is 4.37. The molecule has 0 saturated heterocycles. The Kier molecular flexibility index (Phi) is 12.6. The second kappa shape index (κ2) is 13.2. The third kappa shape index (κ3) is 8.13. The van der Waals surface area contributed by atoms with E-state index >= 15 is 0 Å². The van der Waals surface area contributed by atoms with E-state index in [0.29, 0.717) is 12.8 Å². The molecule has 0 saturated carbocycles. The predicted octanol–water partition coefficient (Wildman–Crippen LogP) is 3.95. The predicted molar refractivity (Wildman–Crippen MR) is 98.9 cm³/mol. The Bertz CT molecular complexity index is 361. The van der Waals surface area contributed by atoms with Gasteiger partial charge in [0.2, 0.25) is 5.91 Å². The van der Waals surface area contributed by atoms with Gasteiger partial charge < -0.3 is 10.8 Å². The van der Waals surface area contributed by atoms with Crippen LogP contribution >= 0.6 is 0 Å². The lowest BCUT2D eigenvalue weighted by atomic mass is 9.85. The maximum atomic E-state index is 12.2. The molecular formula is C19H38N2O3. The normalized spacial score (nSPS) is 13.8. The molecule has 0 aromatic rings. The molecule has 0 unspecified atom stereocenters. The number of carboxylic acids is 1. The Balaban J connectivity index is 5.29. The molecule has 0 aromatic heterocycles. The van der Waals surface area contributed by atoms with Crippen molar-refractivity contribution in [2.24, 2.45) is 5.73 Å². The molecule has 24 heavy (non-hydrogen) atoms. The smallest absolute Gasteiger partial charge is 0.324 e. The van der Waals surface area contributed by atoms with Gasteiger partial charge >= 0.3 is 5.97 Å². The molecule has 0 aliphatic carbocycles. The van der Waals surface area contributed by atoms with Gasteiger partial charge in [-0.25, -0.2) is 0 Å². The van der Waals surface area contributed by atoms with E-state index in [2.05, 4.69) is 25.7 Å². The summed E-state index contributed by atoms with van der Waals surface area (Å²) < 4.78 is 0. The molecular weight excluding hydrogens is 304 g/mol. The minimum absolute atomic E-state index is 0.133. The lowest BCUT2D eigenvalue weighted by molar-refractivity contribution is -0.153. The van der Waals surface area contributed by atoms with Crippen molar-refractivity contribution in [3.05, 3.63) is 0 Å². The molecule has 1 atom stereocenters. The van der Waals surface area contributed by atoms with Crippen LogP contribution in [0.25, 0.3) is 0 Å². The van der Waals surface area contributed by atoms with Gasteiger partial charge in [-0.1, -0.05) is 59.3 Å². The lowest BCUT2D eigenvalue weighted by Gasteiger charge is -2.41. The number of unbranched alkanes of at least 4 members (excludes halogenated alkanes) is 5. The topological polar surface area (TPSA) is 83.6 Å². The number of carbonyl (C=O) groups excluding carboxylic acids is 1. The summed E-state index contributed by atoms with van der Waals surface area (Å²) >= 11 is 0. The molecule has 0 rings (SSSR count). The minimum Gasteiger partial charge on any atom is -0.480 e. The lowest BCUT2D eigenvalue weighted by Crippen LogP contribution is -2.55. The average molecular weight is 343 g/mol. The maximum absolute atomic E-state index is 12.2. The van der Waals surface area contributed by atoms with Crippen molar-refractivity contribution in [2.75, 3.05) is 13.1 Å². The van der Waals surface area contributed by atoms with Gasteiger partial charge in [-0.2, -0.15) is 0 Å². The molecule has 142 valence electrons. The number of amides is 1. The first-order chi connectivity index (χ1) is 11.4. The summed E-state index contributed by atoms with van der Waals surface area (Å²) in [7, 11) is 0. The number of primary amides is 1. The maximum Gasteiger partial charge on any atom is 0.324 e. The fourth-order valence-electron chi connectivity index (χ4n) is 3.21. The van der Waals surface area contributed by atoms with Crippen LogP contribution in [-0.4, -0.2) is 40.5 Å². The molecule has 3 N–H and O–H groups in total. The van der Waals surface area contributed by atoms with Gasteiger partial charge in [-0.05, 0) is 38.8 Å². The Labute approximate surface area is 148 Å². The average Bonchev–Trinajstić information content (AvgIpc) is 2.54. The molecule has 0 bridgehead atoms. The van der Waals surface area contributed by atoms with Gasteiger partial charge in [0.1, 0.15) is 5.54 Å². The second-order valence-electron chi connectivity index (χ2n) is 6.81. The van der Waals surface area contributed by atoms with E-state index in [1.54, 1.807) is 0 Å². The van der Waals surface area contributed by atoms with Crippen LogP contribution in [0.4, 0.5) is 0 Å². The van der Waals surface area contributed by atoms with Crippen LogP contribution < -0.4 is 5.73 Å². The molecule has 0 fully saturated rings. The first-order valence-electron chi connectivity index (χ1n) is 9.71. The highest BCUT2D eigenvalue weighted by Crippen LogP contribution is 2.30. The highest BCUT2D eigenvalue weighted by atomic mass is 16.4. The summed E-state index contributed by atoms with van der Waals surface area (Å²) in [5, 5.41) is 10.0. The van der Waals surface area contributed by atoms with E-state index in [0.717, 1.165) is 58.0 Å². The van der Waals surface area contributed by atoms with Gasteiger partial charge in [0, 0.05) is 6.42 Å². The first kappa shape index (κ1) is 22.9. The number of rotatable bonds is 16. The molecule has 0 heterocycles. The van der Waals surface area contributed by atoms with Crippen LogP contribution in [0.2, 0.25) is 0 Å². The number of aliphatic carboxylic acids is 1. The van der Waals surface area contributed by atoms with Gasteiger partial charge in [0.25, 0.3) is 0 Å². The molecule has 0 aromatic carbocycles. The van der Waals surface area contributed by atoms with Gasteiger partial charge in [-0.15, -0.1) is 0 Å². The van der Waals surface area contributed by atoms with Crippen LogP contribution in [0.15, 0.2) is 0 Å². The highest BCUT2D eigenvalue weighted by molar-refractivity contribution is 5.81. The van der Waals surface area contributed by atoms with Crippen molar-refractivity contribution in [2.45, 2.75) is 96.9 Å². The van der Waals surface area contributed by atoms with Gasteiger partial charge in [0.15, 0.2) is 0 Å². The van der Waals surface area contributed by atoms with Crippen molar-refractivity contribution in [3.8, 4) is 0 Å². The number of hydrogen-bond donors (Lipinski definition) is 2. The fourth-order valence-corrected chi connectivity index (χ4v) is 3.21. The molecule has 0 aliphatic heterocycles. The fraction of sp³-hybridized carbons (Fsp3) is 0.895. The zero-order valence-corrected chi connectivity index (χ0v) is 16.0. The largest absolute Gasteiger partial charge is 0.480 e. The Hall–Kier alpha value is -1.10. The minimum atomic E-state index is -0.952. The highest BCUT2D eigenvalue weighted by Gasteiger charge is 2.43. The van der Waals surface area contributed by atoms with Crippen molar-refractivity contribution in [1.82, 2.24) is 4.90 Å². The van der Waals surface area contributed by atoms with Crippen LogP contribution in [0.1, 0.15) is 91.4 Å². The van der Waals surface area contributed by atoms with E-state index < -0.39 is 17.4 Å². The summed E-state index contributed by atoms with van der Waals surface area (Å²) in [6.07, 6.45) is 9.32. The van der Waals surface area contributed by atoms with Crippen molar-refractivity contribution in [3.63, 3.8) is 0 Å². The molecule has 1 amide bonds. The number of carbonyl (C=O) groups is 2. The second-order valence-corrected chi connectivity index (χ2v) is 6.81. The summed E-state index contributed by atoms with van der Waals surface area (Å²) in [4.78, 5) is 25.7. The van der Waals surface area contributed by atoms with E-state index in [1.165, 1.54) is 6.42 Å². The SMILES string of the molecule is CCCCCCN(CCCC)[C@@](CCCC)(CCC(N)=O)C(=O)O. The molecule has 5 heteroatoms. The Morgan fingerprint density at radius 1 is 0.875 bits per heavy atom. The number of nitrogens with zero attached hydrogens (tertiary/aromatic N) is 1. The van der Waals surface area contributed by atoms with E-state index in [-0.39, 0.29) is 6.42 Å². The number of carboxylic acid groups (broad SMARTS) is 1. The van der Waals surface area contributed by atoms with Crippen LogP contribution in [0.5, 0.6) is 0 Å². The molecule has 0 spiro atoms. The Morgan fingerprint density at radius 2 is 1.46 bits per heavy atom. The van der Waals surface area contributed by atoms with E-state index in [4.69, 9.17) is 5.73 Å². The monoisotopic (exact) mass is 342 g/mol. The van der Waals surface area contributed by atoms with E-state index in [1.807, 2.05) is 0 Å². The third-order valence-corrected chi connectivity index (χ3v) is 4.80. The number of nitrogens with two attached hydrogens (primary N) is 1. The third-order valence-electron chi connectivity index (χ3n) is 4.80. The summed E-state index contributed by atoms with van der Waals surface area (Å²) in [6.45, 7) is 7.92. The molecule has 5 nitrogen and oxygen atoms in total. The van der Waals surface area contributed by atoms with Gasteiger partial charge in [-0.3, -0.25) is 14.5 Å². The zero-order chi connectivity index (χ0) is 18.4. The van der Waals surface area contributed by atoms with Crippen LogP contribution in [0.3, 0.4) is 0 Å². The summed E-state index contributed by atoms with van der Waals surface area (Å²) in [6, 6.07) is 0. The zero-order valence-electron chi connectivity index (χ0n) is 16.0. The first-order valence-corrected chi connectivity index (χ1v) is 9.71. The quantitative estimate of drug-likeness (QED) is 0.416.